The molecule has 0 saturated carbocycles. The van der Waals surface area contributed by atoms with Gasteiger partial charge in [-0.2, -0.15) is 4.98 Å². The predicted octanol–water partition coefficient (Wildman–Crippen LogP) is 3.77. The van der Waals surface area contributed by atoms with Crippen LogP contribution < -0.4 is 0 Å². The molecule has 1 aliphatic heterocycles. The van der Waals surface area contributed by atoms with Gasteiger partial charge in [-0.15, -0.1) is 0 Å². The summed E-state index contributed by atoms with van der Waals surface area (Å²) in [6, 6.07) is 11.8. The molecule has 1 aromatic carbocycles. The van der Waals surface area contributed by atoms with Gasteiger partial charge < -0.3 is 14.0 Å². The van der Waals surface area contributed by atoms with E-state index in [4.69, 9.17) is 4.52 Å². The maximum Gasteiger partial charge on any atom is 0.274 e. The van der Waals surface area contributed by atoms with E-state index in [0.29, 0.717) is 24.2 Å². The first-order chi connectivity index (χ1) is 13.1. The predicted molar refractivity (Wildman–Crippen MR) is 103 cm³/mol. The maximum absolute atomic E-state index is 12.7. The van der Waals surface area contributed by atoms with Crippen LogP contribution in [0.1, 0.15) is 25.3 Å². The minimum atomic E-state index is 0.137. The second-order valence-electron chi connectivity index (χ2n) is 7.37. The second-order valence-corrected chi connectivity index (χ2v) is 7.37. The SMILES string of the molecule is Cc1ccc(-c2noc(-c3cccn3CC(=O)N3CCC(C)CC3)n2)cc1. The van der Waals surface area contributed by atoms with Crippen molar-refractivity contribution in [3.05, 3.63) is 48.2 Å². The summed E-state index contributed by atoms with van der Waals surface area (Å²) in [6.07, 6.45) is 4.04. The van der Waals surface area contributed by atoms with Gasteiger partial charge in [0.1, 0.15) is 12.2 Å². The Kier molecular flexibility index (Phi) is 4.79. The van der Waals surface area contributed by atoms with E-state index >= 15 is 0 Å². The van der Waals surface area contributed by atoms with Crippen LogP contribution in [0.15, 0.2) is 47.1 Å². The van der Waals surface area contributed by atoms with Gasteiger partial charge in [-0.05, 0) is 37.8 Å². The number of nitrogens with zero attached hydrogens (tertiary/aromatic N) is 4. The molecule has 0 bridgehead atoms. The lowest BCUT2D eigenvalue weighted by Gasteiger charge is -2.30. The van der Waals surface area contributed by atoms with Crippen molar-refractivity contribution in [3.63, 3.8) is 0 Å². The number of hydrogen-bond acceptors (Lipinski definition) is 4. The summed E-state index contributed by atoms with van der Waals surface area (Å²) in [4.78, 5) is 19.1. The molecule has 0 unspecified atom stereocenters. The average molecular weight is 364 g/mol. The van der Waals surface area contributed by atoms with Crippen molar-refractivity contribution < 1.29 is 9.32 Å². The minimum absolute atomic E-state index is 0.137. The Morgan fingerprint density at radius 1 is 1.19 bits per heavy atom. The highest BCUT2D eigenvalue weighted by molar-refractivity contribution is 5.77. The summed E-state index contributed by atoms with van der Waals surface area (Å²) >= 11 is 0. The molecular weight excluding hydrogens is 340 g/mol. The van der Waals surface area contributed by atoms with Gasteiger partial charge in [-0.3, -0.25) is 4.79 Å². The fourth-order valence-corrected chi connectivity index (χ4v) is 3.40. The molecule has 1 aliphatic rings. The molecule has 2 aromatic heterocycles. The van der Waals surface area contributed by atoms with E-state index in [9.17, 15) is 4.79 Å². The van der Waals surface area contributed by atoms with Crippen LogP contribution in [0.4, 0.5) is 0 Å². The fraction of sp³-hybridized carbons (Fsp3) is 0.381. The van der Waals surface area contributed by atoms with Crippen LogP contribution in [-0.2, 0) is 11.3 Å². The quantitative estimate of drug-likeness (QED) is 0.707. The van der Waals surface area contributed by atoms with Crippen molar-refractivity contribution in [2.24, 2.45) is 5.92 Å². The number of aryl methyl sites for hydroxylation is 1. The highest BCUT2D eigenvalue weighted by atomic mass is 16.5. The van der Waals surface area contributed by atoms with Gasteiger partial charge in [0, 0.05) is 24.8 Å². The molecule has 27 heavy (non-hydrogen) atoms. The zero-order valence-corrected chi connectivity index (χ0v) is 15.8. The highest BCUT2D eigenvalue weighted by Gasteiger charge is 2.22. The molecule has 0 radical (unpaired) electrons. The maximum atomic E-state index is 12.7. The Labute approximate surface area is 158 Å². The number of benzene rings is 1. The summed E-state index contributed by atoms with van der Waals surface area (Å²) in [5.74, 6) is 1.82. The Bertz CT molecular complexity index is 918. The van der Waals surface area contributed by atoms with Crippen molar-refractivity contribution in [1.29, 1.82) is 0 Å². The zero-order valence-electron chi connectivity index (χ0n) is 15.8. The standard InChI is InChI=1S/C21H24N4O2/c1-15-5-7-17(8-6-15)20-22-21(27-23-20)18-4-3-11-25(18)14-19(26)24-12-9-16(2)10-13-24/h3-8,11,16H,9-10,12-14H2,1-2H3. The fourth-order valence-electron chi connectivity index (χ4n) is 3.40. The van der Waals surface area contributed by atoms with Gasteiger partial charge in [0.2, 0.25) is 11.7 Å². The summed E-state index contributed by atoms with van der Waals surface area (Å²) in [7, 11) is 0. The summed E-state index contributed by atoms with van der Waals surface area (Å²) in [5, 5.41) is 4.10. The third kappa shape index (κ3) is 3.79. The first-order valence-electron chi connectivity index (χ1n) is 9.44. The molecule has 1 amide bonds. The van der Waals surface area contributed by atoms with Crippen molar-refractivity contribution in [3.8, 4) is 23.0 Å². The van der Waals surface area contributed by atoms with Crippen LogP contribution in [0.25, 0.3) is 23.0 Å². The summed E-state index contributed by atoms with van der Waals surface area (Å²) < 4.78 is 7.35. The third-order valence-corrected chi connectivity index (χ3v) is 5.23. The number of likely N-dealkylation sites (tertiary alicyclic amines) is 1. The van der Waals surface area contributed by atoms with Crippen LogP contribution in [0, 0.1) is 12.8 Å². The Hall–Kier alpha value is -2.89. The molecule has 3 heterocycles. The lowest BCUT2D eigenvalue weighted by molar-refractivity contribution is -0.133. The molecule has 1 saturated heterocycles. The van der Waals surface area contributed by atoms with E-state index in [1.165, 1.54) is 5.56 Å². The topological polar surface area (TPSA) is 64.2 Å². The number of piperidine rings is 1. The number of amides is 1. The largest absolute Gasteiger partial charge is 0.341 e. The molecule has 140 valence electrons. The zero-order chi connectivity index (χ0) is 18.8. The van der Waals surface area contributed by atoms with Gasteiger partial charge in [0.05, 0.1) is 0 Å². The van der Waals surface area contributed by atoms with E-state index < -0.39 is 0 Å². The molecule has 0 atom stereocenters. The van der Waals surface area contributed by atoms with Crippen LogP contribution in [0.5, 0.6) is 0 Å². The Morgan fingerprint density at radius 2 is 1.93 bits per heavy atom. The van der Waals surface area contributed by atoms with Crippen LogP contribution in [0.3, 0.4) is 0 Å². The summed E-state index contributed by atoms with van der Waals surface area (Å²) in [5.41, 5.74) is 2.86. The molecule has 0 N–H and O–H groups in total. The first kappa shape index (κ1) is 17.5. The van der Waals surface area contributed by atoms with Gasteiger partial charge in [0.15, 0.2) is 0 Å². The number of rotatable bonds is 4. The first-order valence-corrected chi connectivity index (χ1v) is 9.44. The third-order valence-electron chi connectivity index (χ3n) is 5.23. The number of carbonyl (C=O) groups excluding carboxylic acids is 1. The van der Waals surface area contributed by atoms with Crippen LogP contribution in [0.2, 0.25) is 0 Å². The van der Waals surface area contributed by atoms with Gasteiger partial charge in [-0.1, -0.05) is 41.9 Å². The molecule has 0 aliphatic carbocycles. The Balaban J connectivity index is 1.50. The average Bonchev–Trinajstić information content (AvgIpc) is 3.32. The number of aromatic nitrogens is 3. The summed E-state index contributed by atoms with van der Waals surface area (Å²) in [6.45, 7) is 6.26. The molecule has 4 rings (SSSR count). The van der Waals surface area contributed by atoms with E-state index in [1.54, 1.807) is 0 Å². The van der Waals surface area contributed by atoms with Crippen molar-refractivity contribution >= 4 is 5.91 Å². The Morgan fingerprint density at radius 3 is 2.67 bits per heavy atom. The number of hydrogen-bond donors (Lipinski definition) is 0. The van der Waals surface area contributed by atoms with Crippen molar-refractivity contribution in [2.75, 3.05) is 13.1 Å². The second kappa shape index (κ2) is 7.39. The molecule has 1 fully saturated rings. The van der Waals surface area contributed by atoms with E-state index in [2.05, 4.69) is 17.1 Å². The van der Waals surface area contributed by atoms with E-state index in [1.807, 2.05) is 59.0 Å². The molecular formula is C21H24N4O2. The normalized spacial score (nSPS) is 15.3. The van der Waals surface area contributed by atoms with E-state index in [0.717, 1.165) is 37.2 Å². The molecule has 3 aromatic rings. The van der Waals surface area contributed by atoms with Gasteiger partial charge >= 0.3 is 0 Å². The minimum Gasteiger partial charge on any atom is -0.341 e. The van der Waals surface area contributed by atoms with E-state index in [-0.39, 0.29) is 5.91 Å². The lowest BCUT2D eigenvalue weighted by Crippen LogP contribution is -2.39. The molecule has 6 nitrogen and oxygen atoms in total. The molecule has 6 heteroatoms. The highest BCUT2D eigenvalue weighted by Crippen LogP contribution is 2.23. The molecule has 0 spiro atoms. The van der Waals surface area contributed by atoms with Crippen molar-refractivity contribution in [1.82, 2.24) is 19.6 Å². The smallest absolute Gasteiger partial charge is 0.274 e. The van der Waals surface area contributed by atoms with Crippen molar-refractivity contribution in [2.45, 2.75) is 33.2 Å². The van der Waals surface area contributed by atoms with Gasteiger partial charge in [-0.25, -0.2) is 0 Å². The number of carbonyl (C=O) groups is 1. The van der Waals surface area contributed by atoms with Gasteiger partial charge in [0.25, 0.3) is 5.89 Å². The van der Waals surface area contributed by atoms with Crippen LogP contribution in [-0.4, -0.2) is 38.6 Å². The van der Waals surface area contributed by atoms with Crippen LogP contribution >= 0.6 is 0 Å². The monoisotopic (exact) mass is 364 g/mol. The lowest BCUT2D eigenvalue weighted by atomic mass is 9.99.